The van der Waals surface area contributed by atoms with Gasteiger partial charge in [-0.1, -0.05) is 11.6 Å². The zero-order valence-electron chi connectivity index (χ0n) is 16.4. The number of nitrogens with one attached hydrogen (secondary N) is 2. The molecule has 8 nitrogen and oxygen atoms in total. The first-order valence-electron chi connectivity index (χ1n) is 9.32. The van der Waals surface area contributed by atoms with Gasteiger partial charge in [-0.15, -0.1) is 0 Å². The van der Waals surface area contributed by atoms with Crippen molar-refractivity contribution < 1.29 is 22.7 Å². The molecule has 0 spiro atoms. The Morgan fingerprint density at radius 1 is 1.17 bits per heavy atom. The normalized spacial score (nSPS) is 13.9. The minimum absolute atomic E-state index is 0.0499. The topological polar surface area (TPSA) is 105 Å². The zero-order valence-corrected chi connectivity index (χ0v) is 17.9. The summed E-state index contributed by atoms with van der Waals surface area (Å²) in [4.78, 5) is 25.4. The van der Waals surface area contributed by atoms with E-state index in [1.807, 2.05) is 0 Å². The fourth-order valence-corrected chi connectivity index (χ4v) is 4.47. The Labute approximate surface area is 180 Å². The molecule has 160 valence electrons. The highest BCUT2D eigenvalue weighted by Gasteiger charge is 2.22. The number of ether oxygens (including phenoxy) is 1. The Bertz CT molecular complexity index is 1040. The van der Waals surface area contributed by atoms with Crippen LogP contribution in [0.4, 0.5) is 11.4 Å². The van der Waals surface area contributed by atoms with Gasteiger partial charge in [0, 0.05) is 42.3 Å². The van der Waals surface area contributed by atoms with Crippen LogP contribution in [-0.2, 0) is 19.6 Å². The van der Waals surface area contributed by atoms with Gasteiger partial charge in [-0.2, -0.15) is 0 Å². The second kappa shape index (κ2) is 9.36. The van der Waals surface area contributed by atoms with E-state index in [9.17, 15) is 18.0 Å². The number of carbonyl (C=O) groups excluding carboxylic acids is 2. The van der Waals surface area contributed by atoms with E-state index in [1.165, 1.54) is 31.4 Å². The molecule has 1 aliphatic heterocycles. The Morgan fingerprint density at radius 3 is 2.50 bits per heavy atom. The van der Waals surface area contributed by atoms with E-state index in [4.69, 9.17) is 16.3 Å². The minimum atomic E-state index is -3.98. The predicted octanol–water partition coefficient (Wildman–Crippen LogP) is 3.10. The standard InChI is InChI=1S/C20H22ClN3O5S/c1-29-17-9-8-16(22-19(25)10-12-24-11-2-3-20(24)26)13-18(17)30(27,28)23-15-6-4-14(21)5-7-15/h4-9,13,23H,2-3,10-12H2,1H3,(H,22,25). The predicted molar refractivity (Wildman–Crippen MR) is 114 cm³/mol. The number of hydrogen-bond acceptors (Lipinski definition) is 5. The summed E-state index contributed by atoms with van der Waals surface area (Å²) in [7, 11) is -2.62. The zero-order chi connectivity index (χ0) is 21.7. The van der Waals surface area contributed by atoms with Crippen LogP contribution in [0.5, 0.6) is 5.75 Å². The first-order chi connectivity index (χ1) is 14.3. The smallest absolute Gasteiger partial charge is 0.265 e. The molecule has 30 heavy (non-hydrogen) atoms. The first-order valence-corrected chi connectivity index (χ1v) is 11.2. The van der Waals surface area contributed by atoms with E-state index in [1.54, 1.807) is 23.1 Å². The van der Waals surface area contributed by atoms with Gasteiger partial charge in [0.2, 0.25) is 11.8 Å². The van der Waals surface area contributed by atoms with Crippen molar-refractivity contribution in [1.29, 1.82) is 0 Å². The molecule has 0 atom stereocenters. The number of anilines is 2. The molecule has 2 aromatic rings. The van der Waals surface area contributed by atoms with Crippen LogP contribution >= 0.6 is 11.6 Å². The third kappa shape index (κ3) is 5.43. The van der Waals surface area contributed by atoms with Gasteiger partial charge in [-0.3, -0.25) is 14.3 Å². The van der Waals surface area contributed by atoms with Crippen LogP contribution in [0.15, 0.2) is 47.4 Å². The summed E-state index contributed by atoms with van der Waals surface area (Å²) in [5.41, 5.74) is 0.649. The summed E-state index contributed by atoms with van der Waals surface area (Å²) in [6.45, 7) is 0.998. The monoisotopic (exact) mass is 451 g/mol. The summed E-state index contributed by atoms with van der Waals surface area (Å²) >= 11 is 5.83. The average molecular weight is 452 g/mol. The summed E-state index contributed by atoms with van der Waals surface area (Å²) in [5.74, 6) is -0.125. The van der Waals surface area contributed by atoms with Gasteiger partial charge < -0.3 is 15.0 Å². The van der Waals surface area contributed by atoms with Gasteiger partial charge in [0.25, 0.3) is 10.0 Å². The minimum Gasteiger partial charge on any atom is -0.495 e. The summed E-state index contributed by atoms with van der Waals surface area (Å²) in [6.07, 6.45) is 1.45. The van der Waals surface area contributed by atoms with Crippen molar-refractivity contribution >= 4 is 44.8 Å². The number of carbonyl (C=O) groups is 2. The highest BCUT2D eigenvalue weighted by atomic mass is 35.5. The van der Waals surface area contributed by atoms with Crippen molar-refractivity contribution in [3.05, 3.63) is 47.5 Å². The Balaban J connectivity index is 1.73. The Morgan fingerprint density at radius 2 is 1.87 bits per heavy atom. The summed E-state index contributed by atoms with van der Waals surface area (Å²) in [5, 5.41) is 3.16. The molecule has 2 N–H and O–H groups in total. The van der Waals surface area contributed by atoms with Crippen LogP contribution in [0.1, 0.15) is 19.3 Å². The molecule has 1 heterocycles. The molecule has 3 rings (SSSR count). The van der Waals surface area contributed by atoms with Gasteiger partial charge in [-0.25, -0.2) is 8.42 Å². The van der Waals surface area contributed by atoms with Gasteiger partial charge in [0.1, 0.15) is 10.6 Å². The van der Waals surface area contributed by atoms with E-state index in [0.717, 1.165) is 6.42 Å². The summed E-state index contributed by atoms with van der Waals surface area (Å²) in [6, 6.07) is 10.6. The van der Waals surface area contributed by atoms with Gasteiger partial charge >= 0.3 is 0 Å². The van der Waals surface area contributed by atoms with Crippen LogP contribution in [0.2, 0.25) is 5.02 Å². The lowest BCUT2D eigenvalue weighted by atomic mass is 10.3. The van der Waals surface area contributed by atoms with E-state index >= 15 is 0 Å². The van der Waals surface area contributed by atoms with Crippen molar-refractivity contribution in [2.75, 3.05) is 30.2 Å². The summed E-state index contributed by atoms with van der Waals surface area (Å²) < 4.78 is 33.4. The largest absolute Gasteiger partial charge is 0.495 e. The van der Waals surface area contributed by atoms with Gasteiger partial charge in [-0.05, 0) is 48.9 Å². The fourth-order valence-electron chi connectivity index (χ4n) is 3.09. The maximum atomic E-state index is 12.9. The fraction of sp³-hybridized carbons (Fsp3) is 0.300. The van der Waals surface area contributed by atoms with Crippen LogP contribution in [0, 0.1) is 0 Å². The molecule has 0 unspecified atom stereocenters. The highest BCUT2D eigenvalue weighted by Crippen LogP contribution is 2.29. The maximum Gasteiger partial charge on any atom is 0.265 e. The van der Waals surface area contributed by atoms with Crippen molar-refractivity contribution in [2.24, 2.45) is 0 Å². The second-order valence-electron chi connectivity index (χ2n) is 6.76. The van der Waals surface area contributed by atoms with Crippen LogP contribution < -0.4 is 14.8 Å². The Hall–Kier alpha value is -2.78. The number of amides is 2. The number of rotatable bonds is 8. The van der Waals surface area contributed by atoms with Crippen molar-refractivity contribution in [3.63, 3.8) is 0 Å². The molecule has 10 heteroatoms. The number of methoxy groups -OCH3 is 1. The van der Waals surface area contributed by atoms with E-state index in [-0.39, 0.29) is 28.9 Å². The van der Waals surface area contributed by atoms with E-state index < -0.39 is 10.0 Å². The number of sulfonamides is 1. The molecule has 0 radical (unpaired) electrons. The SMILES string of the molecule is COc1ccc(NC(=O)CCN2CCCC2=O)cc1S(=O)(=O)Nc1ccc(Cl)cc1. The molecule has 0 aromatic heterocycles. The second-order valence-corrected chi connectivity index (χ2v) is 8.85. The molecule has 0 saturated carbocycles. The molecule has 1 fully saturated rings. The number of nitrogens with zero attached hydrogens (tertiary/aromatic N) is 1. The molecule has 0 aliphatic carbocycles. The van der Waals surface area contributed by atoms with Gasteiger partial charge in [0.05, 0.1) is 7.11 Å². The quantitative estimate of drug-likeness (QED) is 0.641. The highest BCUT2D eigenvalue weighted by molar-refractivity contribution is 7.92. The number of likely N-dealkylation sites (tertiary alicyclic amines) is 1. The van der Waals surface area contributed by atoms with Crippen LogP contribution in [-0.4, -0.2) is 45.3 Å². The lowest BCUT2D eigenvalue weighted by molar-refractivity contribution is -0.128. The number of benzene rings is 2. The number of halogens is 1. The van der Waals surface area contributed by atoms with Crippen molar-refractivity contribution in [1.82, 2.24) is 4.90 Å². The van der Waals surface area contributed by atoms with Crippen LogP contribution in [0.3, 0.4) is 0 Å². The molecule has 0 bridgehead atoms. The van der Waals surface area contributed by atoms with Crippen LogP contribution in [0.25, 0.3) is 0 Å². The lowest BCUT2D eigenvalue weighted by Gasteiger charge is -2.16. The van der Waals surface area contributed by atoms with Crippen molar-refractivity contribution in [2.45, 2.75) is 24.2 Å². The third-order valence-corrected chi connectivity index (χ3v) is 6.27. The lowest BCUT2D eigenvalue weighted by Crippen LogP contribution is -2.28. The van der Waals surface area contributed by atoms with E-state index in [0.29, 0.717) is 35.9 Å². The molecule has 2 aromatic carbocycles. The van der Waals surface area contributed by atoms with E-state index in [2.05, 4.69) is 10.0 Å². The van der Waals surface area contributed by atoms with Crippen molar-refractivity contribution in [3.8, 4) is 5.75 Å². The molecular weight excluding hydrogens is 430 g/mol. The molecular formula is C20H22ClN3O5S. The first kappa shape index (κ1) is 21.9. The molecule has 2 amide bonds. The molecule has 1 saturated heterocycles. The number of hydrogen-bond donors (Lipinski definition) is 2. The molecule has 1 aliphatic rings. The average Bonchev–Trinajstić information content (AvgIpc) is 3.13. The maximum absolute atomic E-state index is 12.9. The third-order valence-electron chi connectivity index (χ3n) is 4.61. The van der Waals surface area contributed by atoms with Gasteiger partial charge in [0.15, 0.2) is 0 Å². The Kier molecular flexibility index (Phi) is 6.84.